The fraction of sp³-hybridized carbons (Fsp3) is 0.333. The summed E-state index contributed by atoms with van der Waals surface area (Å²) in [6.45, 7) is -0.155. The van der Waals surface area contributed by atoms with Crippen molar-refractivity contribution < 1.29 is 27.8 Å². The van der Waals surface area contributed by atoms with Crippen LogP contribution in [0.5, 0.6) is 5.75 Å². The summed E-state index contributed by atoms with van der Waals surface area (Å²) in [7, 11) is 1.47. The lowest BCUT2D eigenvalue weighted by molar-refractivity contribution is -0.274. The minimum Gasteiger partial charge on any atom is -0.406 e. The number of methoxy groups -OCH3 is 1. The maximum absolute atomic E-state index is 12.1. The van der Waals surface area contributed by atoms with E-state index in [-0.39, 0.29) is 19.0 Å². The zero-order valence-corrected chi connectivity index (χ0v) is 11.0. The minimum atomic E-state index is -4.74. The van der Waals surface area contributed by atoms with E-state index in [9.17, 15) is 13.2 Å². The molecule has 1 heterocycles. The predicted octanol–water partition coefficient (Wildman–Crippen LogP) is 1.80. The topological polar surface area (TPSA) is 69.4 Å². The van der Waals surface area contributed by atoms with Gasteiger partial charge in [0, 0.05) is 7.11 Å². The average molecular weight is 303 g/mol. The van der Waals surface area contributed by atoms with Crippen LogP contribution in [-0.4, -0.2) is 33.6 Å². The summed E-state index contributed by atoms with van der Waals surface area (Å²) in [6, 6.07) is 5.13. The number of aromatic nitrogens is 3. The maximum atomic E-state index is 12.1. The number of halogens is 3. The highest BCUT2D eigenvalue weighted by atomic mass is 19.4. The van der Waals surface area contributed by atoms with Crippen LogP contribution in [0.4, 0.5) is 13.2 Å². The zero-order valence-electron chi connectivity index (χ0n) is 11.0. The molecule has 0 unspecified atom stereocenters. The first kappa shape index (κ1) is 15.3. The van der Waals surface area contributed by atoms with E-state index in [1.165, 1.54) is 36.1 Å². The van der Waals surface area contributed by atoms with Gasteiger partial charge in [-0.15, -0.1) is 18.3 Å². The van der Waals surface area contributed by atoms with Crippen LogP contribution in [0.3, 0.4) is 0 Å². The lowest BCUT2D eigenvalue weighted by atomic mass is 10.2. The third kappa shape index (κ3) is 3.70. The third-order valence-corrected chi connectivity index (χ3v) is 2.59. The molecule has 0 bridgehead atoms. The second-order valence-corrected chi connectivity index (χ2v) is 4.03. The van der Waals surface area contributed by atoms with E-state index in [1.54, 1.807) is 0 Å². The summed E-state index contributed by atoms with van der Waals surface area (Å²) < 4.78 is 46.4. The van der Waals surface area contributed by atoms with Gasteiger partial charge in [0.15, 0.2) is 0 Å². The minimum absolute atomic E-state index is 0.156. The molecule has 2 aromatic rings. The summed E-state index contributed by atoms with van der Waals surface area (Å²) in [5.41, 5.74) is 1.33. The van der Waals surface area contributed by atoms with Gasteiger partial charge in [-0.2, -0.15) is 0 Å². The largest absolute Gasteiger partial charge is 0.573 e. The summed E-state index contributed by atoms with van der Waals surface area (Å²) in [4.78, 5) is 0. The molecule has 1 aromatic heterocycles. The Kier molecular flexibility index (Phi) is 4.43. The number of rotatable bonds is 5. The third-order valence-electron chi connectivity index (χ3n) is 2.59. The molecular weight excluding hydrogens is 291 g/mol. The fourth-order valence-corrected chi connectivity index (χ4v) is 1.73. The number of ether oxygens (including phenoxy) is 2. The molecule has 2 rings (SSSR count). The van der Waals surface area contributed by atoms with Crippen LogP contribution in [-0.2, 0) is 18.0 Å². The molecule has 6 nitrogen and oxygen atoms in total. The lowest BCUT2D eigenvalue weighted by Crippen LogP contribution is -2.17. The Hall–Kier alpha value is -2.13. The summed E-state index contributed by atoms with van der Waals surface area (Å²) in [6.07, 6.45) is -4.74. The molecule has 0 spiro atoms. The number of benzene rings is 1. The van der Waals surface area contributed by atoms with E-state index in [0.717, 1.165) is 0 Å². The monoisotopic (exact) mass is 303 g/mol. The highest BCUT2D eigenvalue weighted by molar-refractivity contribution is 5.38. The number of hydrogen-bond acceptors (Lipinski definition) is 5. The Morgan fingerprint density at radius 1 is 1.24 bits per heavy atom. The van der Waals surface area contributed by atoms with Gasteiger partial charge in [-0.05, 0) is 24.3 Å². The molecule has 0 radical (unpaired) electrons. The standard InChI is InChI=1S/C12H12F3N3O3/c1-20-7-11-10(6-19)16-17-18(11)8-2-4-9(5-3-8)21-12(13,14)15/h2-5,19H,6-7H2,1H3. The smallest absolute Gasteiger partial charge is 0.406 e. The van der Waals surface area contributed by atoms with Crippen LogP contribution in [0.25, 0.3) is 5.69 Å². The molecule has 0 saturated carbocycles. The summed E-state index contributed by atoms with van der Waals surface area (Å²) in [5.74, 6) is -0.331. The van der Waals surface area contributed by atoms with Gasteiger partial charge in [-0.3, -0.25) is 0 Å². The quantitative estimate of drug-likeness (QED) is 0.912. The molecule has 1 N–H and O–H groups in total. The predicted molar refractivity (Wildman–Crippen MR) is 64.7 cm³/mol. The molecule has 0 aliphatic heterocycles. The van der Waals surface area contributed by atoms with Crippen LogP contribution in [0.1, 0.15) is 11.4 Å². The zero-order chi connectivity index (χ0) is 15.5. The van der Waals surface area contributed by atoms with Crippen LogP contribution >= 0.6 is 0 Å². The normalized spacial score (nSPS) is 11.7. The van der Waals surface area contributed by atoms with Crippen molar-refractivity contribution in [2.45, 2.75) is 19.6 Å². The van der Waals surface area contributed by atoms with Crippen LogP contribution in [0.15, 0.2) is 24.3 Å². The molecule has 0 amide bonds. The van der Waals surface area contributed by atoms with Gasteiger partial charge in [-0.25, -0.2) is 4.68 Å². The van der Waals surface area contributed by atoms with Gasteiger partial charge < -0.3 is 14.6 Å². The van der Waals surface area contributed by atoms with Gasteiger partial charge >= 0.3 is 6.36 Å². The first-order chi connectivity index (χ1) is 9.94. The number of nitrogens with zero attached hydrogens (tertiary/aromatic N) is 3. The van der Waals surface area contributed by atoms with Gasteiger partial charge in [0.05, 0.1) is 24.6 Å². The van der Waals surface area contributed by atoms with Crippen molar-refractivity contribution in [2.24, 2.45) is 0 Å². The Balaban J connectivity index is 2.28. The van der Waals surface area contributed by atoms with Crippen molar-refractivity contribution in [1.29, 1.82) is 0 Å². The van der Waals surface area contributed by atoms with Crippen molar-refractivity contribution in [3.8, 4) is 11.4 Å². The number of aliphatic hydroxyl groups is 1. The second-order valence-electron chi connectivity index (χ2n) is 4.03. The van der Waals surface area contributed by atoms with Crippen LogP contribution < -0.4 is 4.74 Å². The summed E-state index contributed by atoms with van der Waals surface area (Å²) in [5, 5.41) is 16.8. The van der Waals surface area contributed by atoms with Crippen molar-refractivity contribution in [1.82, 2.24) is 15.0 Å². The van der Waals surface area contributed by atoms with E-state index < -0.39 is 6.36 Å². The average Bonchev–Trinajstić information content (AvgIpc) is 2.81. The van der Waals surface area contributed by atoms with E-state index in [4.69, 9.17) is 9.84 Å². The fourth-order valence-electron chi connectivity index (χ4n) is 1.73. The van der Waals surface area contributed by atoms with E-state index in [0.29, 0.717) is 17.1 Å². The van der Waals surface area contributed by atoms with E-state index in [1.807, 2.05) is 0 Å². The highest BCUT2D eigenvalue weighted by Crippen LogP contribution is 2.24. The van der Waals surface area contributed by atoms with E-state index >= 15 is 0 Å². The van der Waals surface area contributed by atoms with Gasteiger partial charge in [0.25, 0.3) is 0 Å². The Labute approximate surface area is 117 Å². The molecule has 0 aliphatic carbocycles. The number of alkyl halides is 3. The second kappa shape index (κ2) is 6.10. The molecule has 0 saturated heterocycles. The van der Waals surface area contributed by atoms with Gasteiger partial charge in [0.1, 0.15) is 11.4 Å². The van der Waals surface area contributed by atoms with Gasteiger partial charge in [0.2, 0.25) is 0 Å². The molecule has 0 aliphatic rings. The number of aliphatic hydroxyl groups excluding tert-OH is 1. The van der Waals surface area contributed by atoms with Gasteiger partial charge in [-0.1, -0.05) is 5.21 Å². The Morgan fingerprint density at radius 3 is 2.43 bits per heavy atom. The van der Waals surface area contributed by atoms with Crippen molar-refractivity contribution in [3.63, 3.8) is 0 Å². The van der Waals surface area contributed by atoms with Crippen molar-refractivity contribution >= 4 is 0 Å². The summed E-state index contributed by atoms with van der Waals surface area (Å²) >= 11 is 0. The molecule has 9 heteroatoms. The van der Waals surface area contributed by atoms with Crippen molar-refractivity contribution in [3.05, 3.63) is 35.7 Å². The van der Waals surface area contributed by atoms with Crippen LogP contribution in [0, 0.1) is 0 Å². The first-order valence-electron chi connectivity index (χ1n) is 5.84. The SMILES string of the molecule is COCc1c(CO)nnn1-c1ccc(OC(F)(F)F)cc1. The van der Waals surface area contributed by atoms with Crippen LogP contribution in [0.2, 0.25) is 0 Å². The Morgan fingerprint density at radius 2 is 1.90 bits per heavy atom. The highest BCUT2D eigenvalue weighted by Gasteiger charge is 2.31. The molecular formula is C12H12F3N3O3. The first-order valence-corrected chi connectivity index (χ1v) is 5.84. The molecule has 1 aromatic carbocycles. The maximum Gasteiger partial charge on any atom is 0.573 e. The van der Waals surface area contributed by atoms with E-state index in [2.05, 4.69) is 15.0 Å². The molecule has 0 fully saturated rings. The number of hydrogen-bond donors (Lipinski definition) is 1. The molecule has 114 valence electrons. The lowest BCUT2D eigenvalue weighted by Gasteiger charge is -2.10. The molecule has 21 heavy (non-hydrogen) atoms. The van der Waals surface area contributed by atoms with Crippen molar-refractivity contribution in [2.75, 3.05) is 7.11 Å². The Bertz CT molecular complexity index is 596. The molecule has 0 atom stereocenters.